The van der Waals surface area contributed by atoms with Gasteiger partial charge in [-0.3, -0.25) is 0 Å². The zero-order valence-electron chi connectivity index (χ0n) is 10.7. The van der Waals surface area contributed by atoms with E-state index in [1.54, 1.807) is 7.11 Å². The average Bonchev–Trinajstić information content (AvgIpc) is 2.81. The minimum Gasteiger partial charge on any atom is -0.378 e. The predicted octanol–water partition coefficient (Wildman–Crippen LogP) is 1.89. The van der Waals surface area contributed by atoms with E-state index in [0.29, 0.717) is 6.61 Å². The van der Waals surface area contributed by atoms with Crippen LogP contribution in [0.5, 0.6) is 0 Å². The van der Waals surface area contributed by atoms with Crippen molar-refractivity contribution >= 4 is 0 Å². The summed E-state index contributed by atoms with van der Waals surface area (Å²) in [5.74, 6) is 0. The minimum absolute atomic E-state index is 0.120. The van der Waals surface area contributed by atoms with Gasteiger partial charge in [0.25, 0.3) is 0 Å². The third-order valence-corrected chi connectivity index (χ3v) is 3.40. The third-order valence-electron chi connectivity index (χ3n) is 3.40. The number of hydrogen-bond donors (Lipinski definition) is 1. The van der Waals surface area contributed by atoms with E-state index in [1.165, 1.54) is 11.1 Å². The highest BCUT2D eigenvalue weighted by atomic mass is 16.5. The van der Waals surface area contributed by atoms with Gasteiger partial charge in [-0.15, -0.1) is 0 Å². The van der Waals surface area contributed by atoms with Gasteiger partial charge in [-0.1, -0.05) is 29.8 Å². The van der Waals surface area contributed by atoms with Crippen LogP contribution in [0.15, 0.2) is 24.3 Å². The molecule has 0 radical (unpaired) electrons. The molecule has 1 heterocycles. The molecule has 1 fully saturated rings. The molecule has 0 amide bonds. The monoisotopic (exact) mass is 235 g/mol. The summed E-state index contributed by atoms with van der Waals surface area (Å²) in [5.41, 5.74) is 2.48. The number of methoxy groups -OCH3 is 1. The Balaban J connectivity index is 1.80. The smallest absolute Gasteiger partial charge is 0.106 e. The van der Waals surface area contributed by atoms with E-state index < -0.39 is 0 Å². The lowest BCUT2D eigenvalue weighted by atomic mass is 10.0. The highest BCUT2D eigenvalue weighted by Crippen LogP contribution is 2.21. The standard InChI is InChI=1S/C14H21NO2/c1-12-3-5-13(6-4-12)9-15-10-14(16-2)7-8-17-11-14/h3-6,15H,7-11H2,1-2H3. The molecule has 94 valence electrons. The fourth-order valence-corrected chi connectivity index (χ4v) is 2.10. The summed E-state index contributed by atoms with van der Waals surface area (Å²) in [6.07, 6.45) is 0.977. The molecule has 0 aliphatic carbocycles. The van der Waals surface area contributed by atoms with E-state index in [1.807, 2.05) is 0 Å². The number of aryl methyl sites for hydroxylation is 1. The van der Waals surface area contributed by atoms with Gasteiger partial charge in [-0.25, -0.2) is 0 Å². The lowest BCUT2D eigenvalue weighted by Crippen LogP contribution is -2.42. The first-order valence-corrected chi connectivity index (χ1v) is 6.13. The number of benzene rings is 1. The number of hydrogen-bond acceptors (Lipinski definition) is 3. The number of nitrogens with one attached hydrogen (secondary N) is 1. The minimum atomic E-state index is -0.120. The Bertz CT molecular complexity index is 342. The van der Waals surface area contributed by atoms with E-state index in [2.05, 4.69) is 36.5 Å². The van der Waals surface area contributed by atoms with Crippen LogP contribution in [0.25, 0.3) is 0 Å². The van der Waals surface area contributed by atoms with E-state index in [-0.39, 0.29) is 5.60 Å². The van der Waals surface area contributed by atoms with Crippen LogP contribution >= 0.6 is 0 Å². The molecule has 1 aliphatic rings. The molecular formula is C14H21NO2. The topological polar surface area (TPSA) is 30.5 Å². The molecule has 0 bridgehead atoms. The number of rotatable bonds is 5. The number of ether oxygens (including phenoxy) is 2. The molecule has 1 aromatic rings. The van der Waals surface area contributed by atoms with Crippen molar-refractivity contribution in [2.75, 3.05) is 26.9 Å². The Hall–Kier alpha value is -0.900. The van der Waals surface area contributed by atoms with E-state index in [9.17, 15) is 0 Å². The highest BCUT2D eigenvalue weighted by Gasteiger charge is 2.34. The second-order valence-corrected chi connectivity index (χ2v) is 4.78. The largest absolute Gasteiger partial charge is 0.378 e. The van der Waals surface area contributed by atoms with Gasteiger partial charge in [0.15, 0.2) is 0 Å². The maximum atomic E-state index is 5.57. The molecule has 0 aromatic heterocycles. The van der Waals surface area contributed by atoms with Crippen molar-refractivity contribution in [2.45, 2.75) is 25.5 Å². The second kappa shape index (κ2) is 5.63. The Labute approximate surface area is 103 Å². The molecule has 1 aliphatic heterocycles. The van der Waals surface area contributed by atoms with Gasteiger partial charge in [0.05, 0.1) is 6.61 Å². The van der Waals surface area contributed by atoms with Gasteiger partial charge in [0.2, 0.25) is 0 Å². The summed E-state index contributed by atoms with van der Waals surface area (Å²) in [5, 5.41) is 3.45. The Kier molecular flexibility index (Phi) is 4.15. The van der Waals surface area contributed by atoms with Crippen molar-refractivity contribution in [1.82, 2.24) is 5.32 Å². The van der Waals surface area contributed by atoms with Gasteiger partial charge >= 0.3 is 0 Å². The van der Waals surface area contributed by atoms with Crippen molar-refractivity contribution in [3.05, 3.63) is 35.4 Å². The molecule has 3 heteroatoms. The first kappa shape index (κ1) is 12.6. The lowest BCUT2D eigenvalue weighted by molar-refractivity contribution is -0.0159. The van der Waals surface area contributed by atoms with Gasteiger partial charge < -0.3 is 14.8 Å². The van der Waals surface area contributed by atoms with Gasteiger partial charge in [0, 0.05) is 33.2 Å². The highest BCUT2D eigenvalue weighted by molar-refractivity contribution is 5.21. The van der Waals surface area contributed by atoms with Crippen LogP contribution in [-0.2, 0) is 16.0 Å². The molecule has 1 aromatic carbocycles. The maximum Gasteiger partial charge on any atom is 0.106 e. The molecule has 2 rings (SSSR count). The molecule has 1 unspecified atom stereocenters. The third kappa shape index (κ3) is 3.28. The summed E-state index contributed by atoms with van der Waals surface area (Å²) in [6, 6.07) is 8.60. The summed E-state index contributed by atoms with van der Waals surface area (Å²) >= 11 is 0. The molecule has 3 nitrogen and oxygen atoms in total. The van der Waals surface area contributed by atoms with Crippen molar-refractivity contribution < 1.29 is 9.47 Å². The quantitative estimate of drug-likeness (QED) is 0.845. The van der Waals surface area contributed by atoms with E-state index in [4.69, 9.17) is 9.47 Å². The maximum absolute atomic E-state index is 5.57. The predicted molar refractivity (Wildman–Crippen MR) is 68.1 cm³/mol. The van der Waals surface area contributed by atoms with E-state index >= 15 is 0 Å². The Morgan fingerprint density at radius 2 is 2.12 bits per heavy atom. The fourth-order valence-electron chi connectivity index (χ4n) is 2.10. The van der Waals surface area contributed by atoms with Crippen molar-refractivity contribution in [3.63, 3.8) is 0 Å². The SMILES string of the molecule is COC1(CNCc2ccc(C)cc2)CCOC1. The van der Waals surface area contributed by atoms with Gasteiger partial charge in [0.1, 0.15) is 5.60 Å². The molecule has 17 heavy (non-hydrogen) atoms. The average molecular weight is 235 g/mol. The normalized spacial score (nSPS) is 24.1. The summed E-state index contributed by atoms with van der Waals surface area (Å²) in [7, 11) is 1.77. The summed E-state index contributed by atoms with van der Waals surface area (Å²) < 4.78 is 11.0. The Morgan fingerprint density at radius 3 is 2.71 bits per heavy atom. The molecular weight excluding hydrogens is 214 g/mol. The first-order valence-electron chi connectivity index (χ1n) is 6.13. The van der Waals surface area contributed by atoms with Crippen LogP contribution in [-0.4, -0.2) is 32.5 Å². The molecule has 0 spiro atoms. The van der Waals surface area contributed by atoms with Crippen LogP contribution < -0.4 is 5.32 Å². The van der Waals surface area contributed by atoms with Crippen LogP contribution in [0, 0.1) is 6.92 Å². The fraction of sp³-hybridized carbons (Fsp3) is 0.571. The van der Waals surface area contributed by atoms with E-state index in [0.717, 1.165) is 26.1 Å². The van der Waals surface area contributed by atoms with Crippen LogP contribution in [0.3, 0.4) is 0 Å². The van der Waals surface area contributed by atoms with Crippen molar-refractivity contribution in [2.24, 2.45) is 0 Å². The molecule has 0 saturated carbocycles. The van der Waals surface area contributed by atoms with Gasteiger partial charge in [-0.05, 0) is 12.5 Å². The van der Waals surface area contributed by atoms with Crippen molar-refractivity contribution in [3.8, 4) is 0 Å². The lowest BCUT2D eigenvalue weighted by Gasteiger charge is -2.26. The molecule has 1 N–H and O–H groups in total. The van der Waals surface area contributed by atoms with Crippen LogP contribution in [0.2, 0.25) is 0 Å². The molecule has 1 saturated heterocycles. The van der Waals surface area contributed by atoms with Crippen molar-refractivity contribution in [1.29, 1.82) is 0 Å². The summed E-state index contributed by atoms with van der Waals surface area (Å²) in [6.45, 7) is 5.33. The zero-order valence-corrected chi connectivity index (χ0v) is 10.7. The van der Waals surface area contributed by atoms with Crippen LogP contribution in [0.1, 0.15) is 17.5 Å². The Morgan fingerprint density at radius 1 is 1.35 bits per heavy atom. The van der Waals surface area contributed by atoms with Crippen LogP contribution in [0.4, 0.5) is 0 Å². The summed E-state index contributed by atoms with van der Waals surface area (Å²) in [4.78, 5) is 0. The van der Waals surface area contributed by atoms with Gasteiger partial charge in [-0.2, -0.15) is 0 Å². The molecule has 1 atom stereocenters. The second-order valence-electron chi connectivity index (χ2n) is 4.78. The zero-order chi connectivity index (χ0) is 12.1. The first-order chi connectivity index (χ1) is 8.24.